The maximum absolute atomic E-state index is 5.96. The van der Waals surface area contributed by atoms with Crippen LogP contribution < -0.4 is 0 Å². The summed E-state index contributed by atoms with van der Waals surface area (Å²) in [5.41, 5.74) is 9.32. The van der Waals surface area contributed by atoms with Crippen LogP contribution in [0.2, 0.25) is 0 Å². The van der Waals surface area contributed by atoms with Gasteiger partial charge in [0.15, 0.2) is 0 Å². The minimum absolute atomic E-state index is 0.408. The Kier molecular flexibility index (Phi) is 5.17. The molecule has 4 rings (SSSR count). The molecule has 1 atom stereocenters. The Balaban J connectivity index is 1.79. The zero-order valence-electron chi connectivity index (χ0n) is 16.1. The lowest BCUT2D eigenvalue weighted by Crippen LogP contribution is -2.17. The number of aromatic nitrogens is 1. The molecule has 2 aliphatic carbocycles. The lowest BCUT2D eigenvalue weighted by molar-refractivity contribution is 0.0961. The van der Waals surface area contributed by atoms with E-state index in [2.05, 4.69) is 30.6 Å². The molecule has 136 valence electrons. The second-order valence-electron chi connectivity index (χ2n) is 8.12. The minimum Gasteiger partial charge on any atom is -0.376 e. The molecule has 2 heteroatoms. The van der Waals surface area contributed by atoms with Gasteiger partial charge in [0, 0.05) is 35.7 Å². The Morgan fingerprint density at radius 1 is 0.880 bits per heavy atom. The van der Waals surface area contributed by atoms with Crippen LogP contribution in [0.3, 0.4) is 0 Å². The van der Waals surface area contributed by atoms with E-state index in [1.54, 1.807) is 22.3 Å². The molecule has 0 amide bonds. The Labute approximate surface area is 153 Å². The first-order valence-corrected chi connectivity index (χ1v) is 10.5. The summed E-state index contributed by atoms with van der Waals surface area (Å²) in [5.74, 6) is 0. The van der Waals surface area contributed by atoms with Crippen molar-refractivity contribution < 1.29 is 4.74 Å². The molecular formula is C23H33NO. The summed E-state index contributed by atoms with van der Waals surface area (Å²) in [6.07, 6.45) is 18.3. The minimum atomic E-state index is 0.408. The van der Waals surface area contributed by atoms with E-state index in [1.807, 2.05) is 0 Å². The average molecular weight is 340 g/mol. The number of rotatable bonds is 4. The van der Waals surface area contributed by atoms with Gasteiger partial charge in [-0.05, 0) is 89.2 Å². The van der Waals surface area contributed by atoms with E-state index in [9.17, 15) is 0 Å². The molecule has 0 N–H and O–H groups in total. The molecule has 1 fully saturated rings. The molecule has 0 bridgehead atoms. The molecule has 1 aliphatic heterocycles. The summed E-state index contributed by atoms with van der Waals surface area (Å²) in [6, 6.07) is 0. The molecule has 2 nitrogen and oxygen atoms in total. The van der Waals surface area contributed by atoms with E-state index in [0.717, 1.165) is 13.2 Å². The smallest absolute Gasteiger partial charge is 0.0754 e. The number of nitrogens with zero attached hydrogens (tertiary/aromatic N) is 1. The van der Waals surface area contributed by atoms with Crippen molar-refractivity contribution in [2.45, 2.75) is 90.7 Å². The van der Waals surface area contributed by atoms with Crippen LogP contribution in [-0.2, 0) is 11.3 Å². The molecule has 0 aromatic carbocycles. The van der Waals surface area contributed by atoms with Crippen LogP contribution in [-0.4, -0.2) is 17.3 Å². The second-order valence-corrected chi connectivity index (χ2v) is 8.12. The predicted molar refractivity (Wildman–Crippen MR) is 106 cm³/mol. The van der Waals surface area contributed by atoms with Gasteiger partial charge in [0.2, 0.25) is 0 Å². The van der Waals surface area contributed by atoms with E-state index in [4.69, 9.17) is 4.74 Å². The highest BCUT2D eigenvalue weighted by Gasteiger charge is 2.26. The van der Waals surface area contributed by atoms with E-state index >= 15 is 0 Å². The first-order valence-electron chi connectivity index (χ1n) is 10.5. The van der Waals surface area contributed by atoms with Crippen molar-refractivity contribution in [3.8, 4) is 0 Å². The molecule has 25 heavy (non-hydrogen) atoms. The SMILES string of the molecule is Cc1c(C2=CCCCC2)c(C2=CCCCC2)c(C)n1CC1CCCO1. The Bertz CT molecular complexity index is 636. The molecule has 2 heterocycles. The molecule has 0 spiro atoms. The van der Waals surface area contributed by atoms with Crippen molar-refractivity contribution in [3.63, 3.8) is 0 Å². The van der Waals surface area contributed by atoms with Crippen molar-refractivity contribution >= 4 is 11.1 Å². The van der Waals surface area contributed by atoms with Gasteiger partial charge in [-0.1, -0.05) is 12.2 Å². The summed E-state index contributed by atoms with van der Waals surface area (Å²) in [5, 5.41) is 0. The third-order valence-electron chi connectivity index (χ3n) is 6.42. The number of hydrogen-bond donors (Lipinski definition) is 0. The van der Waals surface area contributed by atoms with Crippen LogP contribution in [0, 0.1) is 13.8 Å². The van der Waals surface area contributed by atoms with Crippen LogP contribution in [0.15, 0.2) is 12.2 Å². The Morgan fingerprint density at radius 2 is 1.48 bits per heavy atom. The fourth-order valence-electron chi connectivity index (χ4n) is 5.07. The normalized spacial score (nSPS) is 24.3. The predicted octanol–water partition coefficient (Wildman–Crippen LogP) is 6.20. The highest BCUT2D eigenvalue weighted by atomic mass is 16.5. The standard InChI is InChI=1S/C23H33NO/c1-17-22(19-10-5-3-6-11-19)23(20-12-7-4-8-13-20)18(2)24(17)16-21-14-9-15-25-21/h10,12,21H,3-9,11,13-16H2,1-2H3. The van der Waals surface area contributed by atoms with Crippen molar-refractivity contribution in [1.29, 1.82) is 0 Å². The fourth-order valence-corrected chi connectivity index (χ4v) is 5.07. The van der Waals surface area contributed by atoms with Crippen LogP contribution in [0.5, 0.6) is 0 Å². The van der Waals surface area contributed by atoms with E-state index < -0.39 is 0 Å². The van der Waals surface area contributed by atoms with Gasteiger partial charge in [-0.2, -0.15) is 0 Å². The Hall–Kier alpha value is -1.28. The largest absolute Gasteiger partial charge is 0.376 e. The number of allylic oxidation sites excluding steroid dienone is 4. The molecule has 0 radical (unpaired) electrons. The lowest BCUT2D eigenvalue weighted by atomic mass is 9.85. The quantitative estimate of drug-likeness (QED) is 0.637. The average Bonchev–Trinajstić information content (AvgIpc) is 3.25. The maximum Gasteiger partial charge on any atom is 0.0754 e. The second kappa shape index (κ2) is 7.53. The summed E-state index contributed by atoms with van der Waals surface area (Å²) in [4.78, 5) is 0. The molecule has 1 saturated heterocycles. The van der Waals surface area contributed by atoms with Gasteiger partial charge >= 0.3 is 0 Å². The van der Waals surface area contributed by atoms with Crippen molar-refractivity contribution in [2.75, 3.05) is 6.61 Å². The van der Waals surface area contributed by atoms with Gasteiger partial charge in [0.25, 0.3) is 0 Å². The summed E-state index contributed by atoms with van der Waals surface area (Å²) >= 11 is 0. The first kappa shape index (κ1) is 17.1. The summed E-state index contributed by atoms with van der Waals surface area (Å²) in [6.45, 7) is 6.67. The highest BCUT2D eigenvalue weighted by Crippen LogP contribution is 2.41. The van der Waals surface area contributed by atoms with E-state index in [0.29, 0.717) is 6.10 Å². The Morgan fingerprint density at radius 3 is 1.92 bits per heavy atom. The zero-order chi connectivity index (χ0) is 17.2. The number of ether oxygens (including phenoxy) is 1. The summed E-state index contributed by atoms with van der Waals surface area (Å²) < 4.78 is 8.53. The van der Waals surface area contributed by atoms with Crippen molar-refractivity contribution in [3.05, 3.63) is 34.7 Å². The van der Waals surface area contributed by atoms with Gasteiger partial charge in [0.05, 0.1) is 6.10 Å². The van der Waals surface area contributed by atoms with Crippen molar-refractivity contribution in [2.24, 2.45) is 0 Å². The van der Waals surface area contributed by atoms with Gasteiger partial charge in [-0.15, -0.1) is 0 Å². The molecule has 3 aliphatic rings. The zero-order valence-corrected chi connectivity index (χ0v) is 16.1. The van der Waals surface area contributed by atoms with Gasteiger partial charge in [-0.25, -0.2) is 0 Å². The summed E-state index contributed by atoms with van der Waals surface area (Å²) in [7, 11) is 0. The number of hydrogen-bond acceptors (Lipinski definition) is 1. The van der Waals surface area contributed by atoms with Gasteiger partial charge in [0.1, 0.15) is 0 Å². The molecular weight excluding hydrogens is 306 g/mol. The fraction of sp³-hybridized carbons (Fsp3) is 0.652. The monoisotopic (exact) mass is 339 g/mol. The third-order valence-corrected chi connectivity index (χ3v) is 6.42. The molecule has 1 unspecified atom stereocenters. The van der Waals surface area contributed by atoms with Crippen LogP contribution >= 0.6 is 0 Å². The van der Waals surface area contributed by atoms with Gasteiger partial charge < -0.3 is 9.30 Å². The van der Waals surface area contributed by atoms with E-state index in [-0.39, 0.29) is 0 Å². The van der Waals surface area contributed by atoms with Crippen LogP contribution in [0.1, 0.15) is 86.7 Å². The first-order chi connectivity index (χ1) is 12.3. The lowest BCUT2D eigenvalue weighted by Gasteiger charge is -2.18. The molecule has 1 aromatic rings. The van der Waals surface area contributed by atoms with Gasteiger partial charge in [-0.3, -0.25) is 0 Å². The van der Waals surface area contributed by atoms with Crippen LogP contribution in [0.4, 0.5) is 0 Å². The topological polar surface area (TPSA) is 14.2 Å². The van der Waals surface area contributed by atoms with Crippen LogP contribution in [0.25, 0.3) is 11.1 Å². The molecule has 1 aromatic heterocycles. The highest BCUT2D eigenvalue weighted by molar-refractivity contribution is 5.83. The van der Waals surface area contributed by atoms with E-state index in [1.165, 1.54) is 75.6 Å². The maximum atomic E-state index is 5.96. The molecule has 0 saturated carbocycles. The third kappa shape index (κ3) is 3.38. The van der Waals surface area contributed by atoms with Crippen molar-refractivity contribution in [1.82, 2.24) is 4.57 Å².